The van der Waals surface area contributed by atoms with Crippen LogP contribution in [0.15, 0.2) is 60.7 Å². The number of aliphatic hydroxyl groups is 3. The Morgan fingerprint density at radius 1 is 1.02 bits per heavy atom. The number of nitrogens with zero attached hydrogens (tertiary/aromatic N) is 2. The number of carbonyl (C=O) groups excluding carboxylic acids is 1. The van der Waals surface area contributed by atoms with Crippen LogP contribution in [-0.4, -0.2) is 71.7 Å². The summed E-state index contributed by atoms with van der Waals surface area (Å²) in [5.41, 5.74) is 3.22. The molecule has 3 N–H and O–H groups in total. The van der Waals surface area contributed by atoms with E-state index < -0.39 is 17.7 Å². The van der Waals surface area contributed by atoms with Crippen LogP contribution in [0.2, 0.25) is 5.02 Å². The minimum Gasteiger partial charge on any atom is -0.493 e. The minimum absolute atomic E-state index is 0.0375. The summed E-state index contributed by atoms with van der Waals surface area (Å²) in [6, 6.07) is 18.7. The van der Waals surface area contributed by atoms with Gasteiger partial charge in [0.25, 0.3) is 0 Å². The highest BCUT2D eigenvalue weighted by Gasteiger charge is 2.38. The fraction of sp³-hybridized carbons (Fsp3) is 0.457. The third kappa shape index (κ3) is 6.75. The van der Waals surface area contributed by atoms with Gasteiger partial charge in [0, 0.05) is 17.3 Å². The number of benzene rings is 3. The summed E-state index contributed by atoms with van der Waals surface area (Å²) < 4.78 is 11.7. The first kappa shape index (κ1) is 32.3. The maximum absolute atomic E-state index is 13.9. The van der Waals surface area contributed by atoms with Crippen molar-refractivity contribution in [2.24, 2.45) is 5.92 Å². The van der Waals surface area contributed by atoms with E-state index in [0.717, 1.165) is 53.9 Å². The molecule has 1 amide bonds. The molecule has 3 aromatic carbocycles. The van der Waals surface area contributed by atoms with Gasteiger partial charge in [-0.3, -0.25) is 4.79 Å². The van der Waals surface area contributed by atoms with Crippen molar-refractivity contribution in [2.45, 2.75) is 63.9 Å². The number of aliphatic hydroxyl groups excluding tert-OH is 2. The summed E-state index contributed by atoms with van der Waals surface area (Å²) in [5, 5.41) is 31.3. The van der Waals surface area contributed by atoms with Crippen LogP contribution in [0.25, 0.3) is 0 Å². The molecule has 1 fully saturated rings. The number of hydrogen-bond donors (Lipinski definition) is 3. The zero-order valence-electron chi connectivity index (χ0n) is 25.9. The van der Waals surface area contributed by atoms with Crippen molar-refractivity contribution >= 4 is 23.2 Å². The highest BCUT2D eigenvalue weighted by molar-refractivity contribution is 6.30. The molecule has 2 aliphatic rings. The van der Waals surface area contributed by atoms with Gasteiger partial charge in [0.2, 0.25) is 5.91 Å². The van der Waals surface area contributed by atoms with Crippen molar-refractivity contribution in [2.75, 3.05) is 38.3 Å². The Bertz CT molecular complexity index is 1430. The van der Waals surface area contributed by atoms with Crippen molar-refractivity contribution in [3.63, 3.8) is 0 Å². The Balaban J connectivity index is 1.46. The van der Waals surface area contributed by atoms with Gasteiger partial charge in [0.05, 0.1) is 44.0 Å². The topological polar surface area (TPSA) is 103 Å². The predicted octanol–water partition coefficient (Wildman–Crippen LogP) is 5.09. The average molecular weight is 623 g/mol. The van der Waals surface area contributed by atoms with Gasteiger partial charge >= 0.3 is 0 Å². The smallest absolute Gasteiger partial charge is 0.232 e. The van der Waals surface area contributed by atoms with Crippen LogP contribution in [0.3, 0.4) is 0 Å². The molecule has 44 heavy (non-hydrogen) atoms. The van der Waals surface area contributed by atoms with Gasteiger partial charge in [-0.1, -0.05) is 35.9 Å². The average Bonchev–Trinajstić information content (AvgIpc) is 3.01. The van der Waals surface area contributed by atoms with Gasteiger partial charge in [-0.25, -0.2) is 0 Å². The number of likely N-dealkylation sites (tertiary alicyclic amines) is 1. The van der Waals surface area contributed by atoms with Crippen LogP contribution in [0.4, 0.5) is 5.69 Å². The molecule has 0 bridgehead atoms. The Kier molecular flexibility index (Phi) is 9.87. The van der Waals surface area contributed by atoms with E-state index in [9.17, 15) is 20.1 Å². The summed E-state index contributed by atoms with van der Waals surface area (Å²) >= 11 is 6.25. The molecular weight excluding hydrogens is 580 g/mol. The van der Waals surface area contributed by atoms with Gasteiger partial charge in [0.1, 0.15) is 0 Å². The summed E-state index contributed by atoms with van der Waals surface area (Å²) in [6.07, 6.45) is 0.948. The van der Waals surface area contributed by atoms with Crippen LogP contribution in [0.1, 0.15) is 61.9 Å². The van der Waals surface area contributed by atoms with E-state index in [2.05, 4.69) is 4.90 Å². The molecule has 8 nitrogen and oxygen atoms in total. The lowest BCUT2D eigenvalue weighted by Gasteiger charge is -2.41. The maximum atomic E-state index is 13.9. The van der Waals surface area contributed by atoms with Gasteiger partial charge < -0.3 is 34.6 Å². The zero-order chi connectivity index (χ0) is 31.6. The first-order valence-electron chi connectivity index (χ1n) is 15.3. The number of carbonyl (C=O) groups is 1. The second-order valence-corrected chi connectivity index (χ2v) is 12.8. The first-order chi connectivity index (χ1) is 21.0. The number of ether oxygens (including phenoxy) is 2. The number of rotatable bonds is 10. The zero-order valence-corrected chi connectivity index (χ0v) is 26.6. The molecule has 236 valence electrons. The molecule has 3 atom stereocenters. The molecule has 1 saturated heterocycles. The largest absolute Gasteiger partial charge is 0.493 e. The van der Waals surface area contributed by atoms with E-state index in [4.69, 9.17) is 21.1 Å². The van der Waals surface area contributed by atoms with Crippen LogP contribution >= 0.6 is 11.6 Å². The molecular formula is C35H43ClN2O6. The van der Waals surface area contributed by atoms with E-state index in [-0.39, 0.29) is 31.0 Å². The van der Waals surface area contributed by atoms with E-state index in [1.54, 1.807) is 7.11 Å². The lowest BCUT2D eigenvalue weighted by molar-refractivity contribution is -0.118. The number of piperidine rings is 1. The third-order valence-electron chi connectivity index (χ3n) is 8.93. The van der Waals surface area contributed by atoms with Crippen LogP contribution in [-0.2, 0) is 16.8 Å². The van der Waals surface area contributed by atoms with Crippen LogP contribution < -0.4 is 14.4 Å². The molecule has 2 heterocycles. The molecule has 0 aromatic heterocycles. The summed E-state index contributed by atoms with van der Waals surface area (Å²) in [4.78, 5) is 17.8. The number of amides is 1. The molecule has 0 saturated carbocycles. The summed E-state index contributed by atoms with van der Waals surface area (Å²) in [5.74, 6) is 1.21. The Labute approximate surface area is 264 Å². The van der Waals surface area contributed by atoms with Gasteiger partial charge in [-0.05, 0) is 111 Å². The van der Waals surface area contributed by atoms with E-state index in [1.807, 2.05) is 86.3 Å². The number of halogens is 1. The molecule has 2 aliphatic heterocycles. The third-order valence-corrected chi connectivity index (χ3v) is 9.18. The van der Waals surface area contributed by atoms with Crippen molar-refractivity contribution in [3.05, 3.63) is 87.9 Å². The van der Waals surface area contributed by atoms with E-state index >= 15 is 0 Å². The molecule has 0 spiro atoms. The Morgan fingerprint density at radius 3 is 2.27 bits per heavy atom. The standard InChI is InChI=1S/C35H43ClN2O6/c1-22(2)44-32-19-30-24(17-31(32)43-4)18-33(41)38(34(30)23-5-9-27(36)10-6-23)28-11-7-25(8-12-28)35(3,42)26-13-15-37(16-14-26)20-29(40)21-39/h5-12,17,19,22,26,29,34,39-40,42H,13-16,18,20-21H2,1-4H3/t29-,34?,35-/m1/s1. The fourth-order valence-electron chi connectivity index (χ4n) is 6.56. The fourth-order valence-corrected chi connectivity index (χ4v) is 6.68. The van der Waals surface area contributed by atoms with Gasteiger partial charge in [-0.2, -0.15) is 0 Å². The lowest BCUT2D eigenvalue weighted by Crippen LogP contribution is -2.44. The first-order valence-corrected chi connectivity index (χ1v) is 15.7. The van der Waals surface area contributed by atoms with Gasteiger partial charge in [-0.15, -0.1) is 0 Å². The van der Waals surface area contributed by atoms with Crippen LogP contribution in [0, 0.1) is 5.92 Å². The predicted molar refractivity (Wildman–Crippen MR) is 172 cm³/mol. The molecule has 5 rings (SSSR count). The van der Waals surface area contributed by atoms with E-state index in [0.29, 0.717) is 23.1 Å². The molecule has 0 aliphatic carbocycles. The molecule has 3 aromatic rings. The van der Waals surface area contributed by atoms with Crippen LogP contribution in [0.5, 0.6) is 11.5 Å². The van der Waals surface area contributed by atoms with Crippen molar-refractivity contribution in [1.29, 1.82) is 0 Å². The summed E-state index contributed by atoms with van der Waals surface area (Å²) in [7, 11) is 1.60. The highest BCUT2D eigenvalue weighted by Crippen LogP contribution is 2.44. The van der Waals surface area contributed by atoms with Gasteiger partial charge in [0.15, 0.2) is 11.5 Å². The number of fused-ring (bicyclic) bond motifs is 1. The maximum Gasteiger partial charge on any atom is 0.232 e. The Morgan fingerprint density at radius 2 is 1.68 bits per heavy atom. The van der Waals surface area contributed by atoms with Crippen molar-refractivity contribution < 1.29 is 29.6 Å². The SMILES string of the molecule is COc1cc2c(cc1OC(C)C)C(c1ccc(Cl)cc1)N(c1ccc([C@@](C)(O)C3CCN(C[C@@H](O)CO)CC3)cc1)C(=O)C2. The number of anilines is 1. The monoisotopic (exact) mass is 622 g/mol. The summed E-state index contributed by atoms with van der Waals surface area (Å²) in [6.45, 7) is 7.45. The number of hydrogen-bond acceptors (Lipinski definition) is 7. The van der Waals surface area contributed by atoms with Crippen molar-refractivity contribution in [1.82, 2.24) is 4.90 Å². The molecule has 1 unspecified atom stereocenters. The second kappa shape index (κ2) is 13.5. The minimum atomic E-state index is -1.06. The number of methoxy groups -OCH3 is 1. The molecule has 0 radical (unpaired) electrons. The lowest BCUT2D eigenvalue weighted by atomic mass is 9.77. The highest BCUT2D eigenvalue weighted by atomic mass is 35.5. The normalized spacial score (nSPS) is 19.9. The Hall–Kier alpha value is -3.14. The quantitative estimate of drug-likeness (QED) is 0.290. The van der Waals surface area contributed by atoms with Crippen molar-refractivity contribution in [3.8, 4) is 11.5 Å². The molecule has 9 heteroatoms. The number of β-amino-alcohol motifs (C(OH)–C–C–N with tert-alkyl or cyclic N) is 1. The second-order valence-electron chi connectivity index (χ2n) is 12.4. The van der Waals surface area contributed by atoms with E-state index in [1.165, 1.54) is 0 Å².